The predicted octanol–water partition coefficient (Wildman–Crippen LogP) is 0.907. The molecule has 0 unspecified atom stereocenters. The number of hydrogen-bond donors (Lipinski definition) is 2. The highest BCUT2D eigenvalue weighted by Crippen LogP contribution is 2.12. The van der Waals surface area contributed by atoms with Gasteiger partial charge in [-0.25, -0.2) is 0 Å². The Hall–Kier alpha value is -1.15. The van der Waals surface area contributed by atoms with Crippen LogP contribution in [-0.4, -0.2) is 43.9 Å². The van der Waals surface area contributed by atoms with Crippen LogP contribution in [0.15, 0.2) is 24.3 Å². The zero-order chi connectivity index (χ0) is 13.5. The van der Waals surface area contributed by atoms with Crippen LogP contribution < -0.4 is 10.6 Å². The summed E-state index contributed by atoms with van der Waals surface area (Å²) in [5.74, 6) is -0.247. The summed E-state index contributed by atoms with van der Waals surface area (Å²) in [5, 5.41) is 5.30. The van der Waals surface area contributed by atoms with Crippen molar-refractivity contribution in [3.8, 4) is 0 Å². The van der Waals surface area contributed by atoms with Crippen LogP contribution in [0, 0.1) is 3.57 Å². The molecular weight excluding hydrogens is 345 g/mol. The lowest BCUT2D eigenvalue weighted by atomic mass is 10.3. The fraction of sp³-hybridized carbons (Fsp3) is 0.333. The van der Waals surface area contributed by atoms with Gasteiger partial charge in [-0.2, -0.15) is 0 Å². The molecule has 0 radical (unpaired) electrons. The van der Waals surface area contributed by atoms with Crippen LogP contribution in [0.25, 0.3) is 0 Å². The Balaban J connectivity index is 2.44. The minimum Gasteiger partial charge on any atom is -0.358 e. The maximum atomic E-state index is 11.7. The molecule has 6 heteroatoms. The van der Waals surface area contributed by atoms with Gasteiger partial charge in [-0.05, 0) is 47.8 Å². The lowest BCUT2D eigenvalue weighted by Crippen LogP contribution is -2.37. The van der Waals surface area contributed by atoms with E-state index in [-0.39, 0.29) is 24.9 Å². The first-order valence-electron chi connectivity index (χ1n) is 5.46. The number of rotatable bonds is 5. The van der Waals surface area contributed by atoms with Crippen molar-refractivity contribution in [2.45, 2.75) is 0 Å². The second kappa shape index (κ2) is 7.32. The van der Waals surface area contributed by atoms with Gasteiger partial charge in [0.05, 0.1) is 13.1 Å². The number of hydrogen-bond acceptors (Lipinski definition) is 3. The summed E-state index contributed by atoms with van der Waals surface area (Å²) in [7, 11) is 3.30. The van der Waals surface area contributed by atoms with Crippen LogP contribution in [0.1, 0.15) is 0 Å². The summed E-state index contributed by atoms with van der Waals surface area (Å²) < 4.78 is 1.06. The van der Waals surface area contributed by atoms with Crippen molar-refractivity contribution in [3.05, 3.63) is 27.8 Å². The van der Waals surface area contributed by atoms with Crippen molar-refractivity contribution in [2.24, 2.45) is 0 Å². The molecule has 2 N–H and O–H groups in total. The Morgan fingerprint density at radius 2 is 1.94 bits per heavy atom. The predicted molar refractivity (Wildman–Crippen MR) is 79.4 cm³/mol. The molecule has 0 aromatic heterocycles. The van der Waals surface area contributed by atoms with Crippen LogP contribution in [-0.2, 0) is 9.59 Å². The van der Waals surface area contributed by atoms with E-state index in [1.54, 1.807) is 19.0 Å². The fourth-order valence-corrected chi connectivity index (χ4v) is 1.94. The van der Waals surface area contributed by atoms with Crippen molar-refractivity contribution in [1.29, 1.82) is 0 Å². The smallest absolute Gasteiger partial charge is 0.238 e. The molecule has 0 aliphatic heterocycles. The van der Waals surface area contributed by atoms with Gasteiger partial charge in [-0.15, -0.1) is 0 Å². The van der Waals surface area contributed by atoms with E-state index in [0.717, 1.165) is 9.26 Å². The van der Waals surface area contributed by atoms with Crippen LogP contribution in [0.3, 0.4) is 0 Å². The minimum atomic E-state index is -0.136. The van der Waals surface area contributed by atoms with Crippen molar-refractivity contribution in [3.63, 3.8) is 0 Å². The van der Waals surface area contributed by atoms with E-state index in [1.165, 1.54) is 0 Å². The molecule has 0 aliphatic rings. The summed E-state index contributed by atoms with van der Waals surface area (Å²) in [4.78, 5) is 24.5. The van der Waals surface area contributed by atoms with Gasteiger partial charge in [0, 0.05) is 16.3 Å². The zero-order valence-corrected chi connectivity index (χ0v) is 12.5. The third-order valence-electron chi connectivity index (χ3n) is 2.21. The molecule has 0 bridgehead atoms. The Labute approximate surface area is 120 Å². The van der Waals surface area contributed by atoms with Crippen LogP contribution >= 0.6 is 22.6 Å². The summed E-state index contributed by atoms with van der Waals surface area (Å²) in [6.07, 6.45) is 0. The summed E-state index contributed by atoms with van der Waals surface area (Å²) in [6, 6.07) is 7.55. The molecule has 1 aromatic carbocycles. The highest BCUT2D eigenvalue weighted by Gasteiger charge is 2.09. The van der Waals surface area contributed by atoms with E-state index >= 15 is 0 Å². The standard InChI is InChI=1S/C12H16IN3O2/c1-14-11(17)7-16(2)8-12(18)15-10-5-3-4-9(13)6-10/h3-6H,7-8H2,1-2H3,(H,14,17)(H,15,18). The van der Waals surface area contributed by atoms with Gasteiger partial charge in [0.2, 0.25) is 11.8 Å². The number of carbonyl (C=O) groups excluding carboxylic acids is 2. The molecule has 98 valence electrons. The highest BCUT2D eigenvalue weighted by atomic mass is 127. The second-order valence-corrected chi connectivity index (χ2v) is 5.15. The van der Waals surface area contributed by atoms with Gasteiger partial charge in [0.15, 0.2) is 0 Å². The van der Waals surface area contributed by atoms with Crippen LogP contribution in [0.4, 0.5) is 5.69 Å². The molecule has 5 nitrogen and oxygen atoms in total. The highest BCUT2D eigenvalue weighted by molar-refractivity contribution is 14.1. The Morgan fingerprint density at radius 3 is 2.56 bits per heavy atom. The van der Waals surface area contributed by atoms with Gasteiger partial charge in [0.25, 0.3) is 0 Å². The molecule has 1 aromatic rings. The largest absolute Gasteiger partial charge is 0.358 e. The number of carbonyl (C=O) groups is 2. The van der Waals surface area contributed by atoms with E-state index in [0.29, 0.717) is 0 Å². The maximum Gasteiger partial charge on any atom is 0.238 e. The van der Waals surface area contributed by atoms with Crippen LogP contribution in [0.2, 0.25) is 0 Å². The number of nitrogens with zero attached hydrogens (tertiary/aromatic N) is 1. The van der Waals surface area contributed by atoms with E-state index in [9.17, 15) is 9.59 Å². The van der Waals surface area contributed by atoms with Crippen LogP contribution in [0.5, 0.6) is 0 Å². The normalized spacial score (nSPS) is 10.2. The van der Waals surface area contributed by atoms with E-state index in [2.05, 4.69) is 33.2 Å². The molecule has 0 spiro atoms. The SMILES string of the molecule is CNC(=O)CN(C)CC(=O)Nc1cccc(I)c1. The second-order valence-electron chi connectivity index (χ2n) is 3.90. The summed E-state index contributed by atoms with van der Waals surface area (Å²) in [5.41, 5.74) is 0.764. The third-order valence-corrected chi connectivity index (χ3v) is 2.89. The van der Waals surface area contributed by atoms with Gasteiger partial charge < -0.3 is 10.6 Å². The van der Waals surface area contributed by atoms with Crippen molar-refractivity contribution < 1.29 is 9.59 Å². The molecule has 2 amide bonds. The first kappa shape index (κ1) is 14.9. The molecule has 18 heavy (non-hydrogen) atoms. The number of halogens is 1. The monoisotopic (exact) mass is 361 g/mol. The Kier molecular flexibility index (Phi) is 6.06. The number of anilines is 1. The molecule has 0 saturated carbocycles. The van der Waals surface area contributed by atoms with E-state index < -0.39 is 0 Å². The summed E-state index contributed by atoms with van der Waals surface area (Å²) >= 11 is 2.18. The molecule has 0 heterocycles. The molecule has 0 aliphatic carbocycles. The quantitative estimate of drug-likeness (QED) is 0.767. The first-order valence-corrected chi connectivity index (χ1v) is 6.53. The van der Waals surface area contributed by atoms with Crippen molar-refractivity contribution in [2.75, 3.05) is 32.5 Å². The average molecular weight is 361 g/mol. The first-order chi connectivity index (χ1) is 8.51. The molecule has 1 rings (SSSR count). The van der Waals surface area contributed by atoms with Gasteiger partial charge >= 0.3 is 0 Å². The van der Waals surface area contributed by atoms with Gasteiger partial charge in [0.1, 0.15) is 0 Å². The fourth-order valence-electron chi connectivity index (χ4n) is 1.39. The topological polar surface area (TPSA) is 61.4 Å². The molecule has 0 fully saturated rings. The number of nitrogens with one attached hydrogen (secondary N) is 2. The number of amides is 2. The van der Waals surface area contributed by atoms with Crippen molar-refractivity contribution in [1.82, 2.24) is 10.2 Å². The zero-order valence-electron chi connectivity index (χ0n) is 10.4. The summed E-state index contributed by atoms with van der Waals surface area (Å²) in [6.45, 7) is 0.384. The van der Waals surface area contributed by atoms with E-state index in [1.807, 2.05) is 24.3 Å². The lowest BCUT2D eigenvalue weighted by Gasteiger charge is -2.15. The lowest BCUT2D eigenvalue weighted by molar-refractivity contribution is -0.122. The third kappa shape index (κ3) is 5.46. The Morgan fingerprint density at radius 1 is 1.28 bits per heavy atom. The number of benzene rings is 1. The average Bonchev–Trinajstić information content (AvgIpc) is 2.28. The maximum absolute atomic E-state index is 11.7. The molecule has 0 saturated heterocycles. The van der Waals surface area contributed by atoms with E-state index in [4.69, 9.17) is 0 Å². The minimum absolute atomic E-state index is 0.112. The molecular formula is C12H16IN3O2. The van der Waals surface area contributed by atoms with Gasteiger partial charge in [-0.3, -0.25) is 14.5 Å². The Bertz CT molecular complexity index is 437. The number of likely N-dealkylation sites (N-methyl/N-ethyl adjacent to an activating group) is 2. The van der Waals surface area contributed by atoms with Gasteiger partial charge in [-0.1, -0.05) is 6.07 Å². The molecule has 0 atom stereocenters. The van der Waals surface area contributed by atoms with Crippen molar-refractivity contribution >= 4 is 40.1 Å².